The Balaban J connectivity index is 0.00000441. The van der Waals surface area contributed by atoms with Gasteiger partial charge in [0.2, 0.25) is 0 Å². The minimum atomic E-state index is 0. The number of hydrogen-bond donors (Lipinski definition) is 2. The summed E-state index contributed by atoms with van der Waals surface area (Å²) in [5.74, 6) is 0.218. The number of Topliss-reactive ketones (excluding diaryl/α,β-unsaturated/α-hetero) is 1. The van der Waals surface area contributed by atoms with Gasteiger partial charge in [0, 0.05) is 30.7 Å². The van der Waals surface area contributed by atoms with Gasteiger partial charge in [0.25, 0.3) is 0 Å². The molecule has 22 heavy (non-hydrogen) atoms. The third-order valence-electron chi connectivity index (χ3n) is 3.20. The van der Waals surface area contributed by atoms with Crippen LogP contribution in [-0.4, -0.2) is 37.0 Å². The van der Waals surface area contributed by atoms with E-state index in [1.807, 2.05) is 6.07 Å². The van der Waals surface area contributed by atoms with Crippen molar-refractivity contribution in [3.63, 3.8) is 0 Å². The van der Waals surface area contributed by atoms with Crippen molar-refractivity contribution in [1.82, 2.24) is 0 Å². The standard InChI is InChI=1S/C16H23NO4.CH4/c17-16-11-13(4-6-14(16)12-19)5-7-15(20)3-1-2-9-21-10-8-18;/h4,6,11-12,18H,1-3,5,7-10,17H2;1H4. The molecule has 1 aromatic rings. The molecule has 0 heterocycles. The summed E-state index contributed by atoms with van der Waals surface area (Å²) in [6, 6.07) is 5.26. The van der Waals surface area contributed by atoms with Gasteiger partial charge in [0.1, 0.15) is 5.78 Å². The summed E-state index contributed by atoms with van der Waals surface area (Å²) in [6.07, 6.45) is 4.03. The highest BCUT2D eigenvalue weighted by molar-refractivity contribution is 5.83. The van der Waals surface area contributed by atoms with Gasteiger partial charge >= 0.3 is 0 Å². The number of nitrogens with two attached hydrogens (primary N) is 1. The number of aldehydes is 1. The Kier molecular flexibility index (Phi) is 11.0. The lowest BCUT2D eigenvalue weighted by molar-refractivity contribution is -0.119. The predicted molar refractivity (Wildman–Crippen MR) is 88.1 cm³/mol. The molecular weight excluding hydrogens is 282 g/mol. The second-order valence-electron chi connectivity index (χ2n) is 4.91. The Morgan fingerprint density at radius 3 is 2.64 bits per heavy atom. The maximum absolute atomic E-state index is 11.7. The second kappa shape index (κ2) is 11.9. The van der Waals surface area contributed by atoms with Crippen LogP contribution in [0.2, 0.25) is 0 Å². The quantitative estimate of drug-likeness (QED) is 0.372. The molecule has 0 aromatic heterocycles. The fraction of sp³-hybridized carbons (Fsp3) is 0.529. The number of carbonyl (C=O) groups is 2. The smallest absolute Gasteiger partial charge is 0.152 e. The van der Waals surface area contributed by atoms with Crippen LogP contribution in [0.5, 0.6) is 0 Å². The number of rotatable bonds is 11. The monoisotopic (exact) mass is 309 g/mol. The summed E-state index contributed by atoms with van der Waals surface area (Å²) >= 11 is 0. The molecule has 0 fully saturated rings. The average molecular weight is 309 g/mol. The fourth-order valence-corrected chi connectivity index (χ4v) is 1.99. The number of benzene rings is 1. The number of aliphatic hydroxyl groups is 1. The third kappa shape index (κ3) is 7.90. The highest BCUT2D eigenvalue weighted by atomic mass is 16.5. The molecule has 0 saturated carbocycles. The SMILES string of the molecule is C.Nc1cc(CCC(=O)CCCCOCCO)ccc1C=O. The van der Waals surface area contributed by atoms with Crippen LogP contribution in [0.15, 0.2) is 18.2 Å². The summed E-state index contributed by atoms with van der Waals surface area (Å²) in [6.45, 7) is 0.967. The van der Waals surface area contributed by atoms with Crippen LogP contribution >= 0.6 is 0 Å². The summed E-state index contributed by atoms with van der Waals surface area (Å²) in [5.41, 5.74) is 7.63. The van der Waals surface area contributed by atoms with Crippen LogP contribution in [0.1, 0.15) is 49.0 Å². The molecule has 124 valence electrons. The van der Waals surface area contributed by atoms with E-state index >= 15 is 0 Å². The zero-order chi connectivity index (χ0) is 15.5. The molecule has 0 unspecified atom stereocenters. The molecule has 3 N–H and O–H groups in total. The van der Waals surface area contributed by atoms with E-state index in [9.17, 15) is 9.59 Å². The number of aliphatic hydroxyl groups excluding tert-OH is 1. The maximum atomic E-state index is 11.7. The van der Waals surface area contributed by atoms with E-state index in [-0.39, 0.29) is 19.8 Å². The zero-order valence-corrected chi connectivity index (χ0v) is 12.2. The Hall–Kier alpha value is -1.72. The van der Waals surface area contributed by atoms with E-state index < -0.39 is 0 Å². The lowest BCUT2D eigenvalue weighted by atomic mass is 10.0. The minimum Gasteiger partial charge on any atom is -0.398 e. The Morgan fingerprint density at radius 1 is 1.23 bits per heavy atom. The van der Waals surface area contributed by atoms with Gasteiger partial charge in [-0.1, -0.05) is 13.5 Å². The fourth-order valence-electron chi connectivity index (χ4n) is 1.99. The number of ether oxygens (including phenoxy) is 1. The van der Waals surface area contributed by atoms with Crippen molar-refractivity contribution in [2.24, 2.45) is 0 Å². The van der Waals surface area contributed by atoms with E-state index in [1.54, 1.807) is 12.1 Å². The number of unbranched alkanes of at least 4 members (excludes halogenated alkanes) is 1. The number of anilines is 1. The van der Waals surface area contributed by atoms with Gasteiger partial charge in [-0.25, -0.2) is 0 Å². The molecule has 0 aliphatic rings. The Labute approximate surface area is 132 Å². The Bertz CT molecular complexity index is 460. The summed E-state index contributed by atoms with van der Waals surface area (Å²) in [5, 5.41) is 8.53. The summed E-state index contributed by atoms with van der Waals surface area (Å²) in [4.78, 5) is 22.4. The first-order chi connectivity index (χ1) is 10.2. The lowest BCUT2D eigenvalue weighted by Gasteiger charge is -2.05. The third-order valence-corrected chi connectivity index (χ3v) is 3.20. The maximum Gasteiger partial charge on any atom is 0.152 e. The van der Waals surface area contributed by atoms with Crippen LogP contribution in [0.25, 0.3) is 0 Å². The molecule has 1 aromatic carbocycles. The van der Waals surface area contributed by atoms with Crippen molar-refractivity contribution in [2.75, 3.05) is 25.6 Å². The number of nitrogen functional groups attached to an aromatic ring is 1. The van der Waals surface area contributed by atoms with Gasteiger partial charge in [-0.3, -0.25) is 9.59 Å². The number of ketones is 1. The molecule has 1 rings (SSSR count). The highest BCUT2D eigenvalue weighted by Crippen LogP contribution is 2.14. The lowest BCUT2D eigenvalue weighted by Crippen LogP contribution is -2.04. The van der Waals surface area contributed by atoms with Crippen LogP contribution < -0.4 is 5.73 Å². The molecule has 0 bridgehead atoms. The molecule has 5 nitrogen and oxygen atoms in total. The first kappa shape index (κ1) is 20.3. The molecule has 0 radical (unpaired) electrons. The van der Waals surface area contributed by atoms with Gasteiger partial charge < -0.3 is 15.6 Å². The van der Waals surface area contributed by atoms with Crippen LogP contribution in [0.4, 0.5) is 5.69 Å². The van der Waals surface area contributed by atoms with Gasteiger partial charge in [-0.05, 0) is 37.0 Å². The average Bonchev–Trinajstić information content (AvgIpc) is 2.49. The molecule has 0 aliphatic carbocycles. The van der Waals surface area contributed by atoms with Gasteiger partial charge in [-0.15, -0.1) is 0 Å². The van der Waals surface area contributed by atoms with Gasteiger partial charge in [0.15, 0.2) is 6.29 Å². The first-order valence-corrected chi connectivity index (χ1v) is 7.21. The molecule has 0 aliphatic heterocycles. The van der Waals surface area contributed by atoms with Crippen molar-refractivity contribution >= 4 is 17.8 Å². The van der Waals surface area contributed by atoms with Crippen LogP contribution in [-0.2, 0) is 16.0 Å². The first-order valence-electron chi connectivity index (χ1n) is 7.21. The summed E-state index contributed by atoms with van der Waals surface area (Å²) < 4.78 is 5.13. The van der Waals surface area contributed by atoms with Crippen molar-refractivity contribution in [1.29, 1.82) is 0 Å². The van der Waals surface area contributed by atoms with Gasteiger partial charge in [0.05, 0.1) is 13.2 Å². The largest absolute Gasteiger partial charge is 0.398 e. The minimum absolute atomic E-state index is 0. The number of carbonyl (C=O) groups excluding carboxylic acids is 2. The number of aryl methyl sites for hydroxylation is 1. The van der Waals surface area contributed by atoms with E-state index in [2.05, 4.69) is 0 Å². The topological polar surface area (TPSA) is 89.6 Å². The number of hydrogen-bond acceptors (Lipinski definition) is 5. The van der Waals surface area contributed by atoms with Gasteiger partial charge in [-0.2, -0.15) is 0 Å². The molecular formula is C17H27NO4. The molecule has 0 saturated heterocycles. The molecule has 5 heteroatoms. The molecule has 0 amide bonds. The van der Waals surface area contributed by atoms with E-state index in [0.717, 1.165) is 24.7 Å². The van der Waals surface area contributed by atoms with Crippen molar-refractivity contribution in [3.8, 4) is 0 Å². The van der Waals surface area contributed by atoms with Crippen LogP contribution in [0.3, 0.4) is 0 Å². The highest BCUT2D eigenvalue weighted by Gasteiger charge is 2.05. The molecule has 0 atom stereocenters. The summed E-state index contributed by atoms with van der Waals surface area (Å²) in [7, 11) is 0. The molecule has 0 spiro atoms. The predicted octanol–water partition coefficient (Wildman–Crippen LogP) is 2.40. The van der Waals surface area contributed by atoms with Crippen LogP contribution in [0, 0.1) is 0 Å². The van der Waals surface area contributed by atoms with E-state index in [1.165, 1.54) is 0 Å². The van der Waals surface area contributed by atoms with Crippen molar-refractivity contribution in [3.05, 3.63) is 29.3 Å². The van der Waals surface area contributed by atoms with Crippen molar-refractivity contribution in [2.45, 2.75) is 39.5 Å². The van der Waals surface area contributed by atoms with Crippen molar-refractivity contribution < 1.29 is 19.4 Å². The second-order valence-corrected chi connectivity index (χ2v) is 4.91. The van der Waals surface area contributed by atoms with E-state index in [0.29, 0.717) is 43.7 Å². The zero-order valence-electron chi connectivity index (χ0n) is 12.2. The Morgan fingerprint density at radius 2 is 2.00 bits per heavy atom. The van der Waals surface area contributed by atoms with E-state index in [4.69, 9.17) is 15.6 Å². The normalized spacial score (nSPS) is 10.0.